The van der Waals surface area contributed by atoms with Gasteiger partial charge in [-0.2, -0.15) is 5.10 Å². The van der Waals surface area contributed by atoms with Crippen LogP contribution >= 0.6 is 0 Å². The number of esters is 1. The lowest BCUT2D eigenvalue weighted by Crippen LogP contribution is -2.22. The summed E-state index contributed by atoms with van der Waals surface area (Å²) in [7, 11) is 1.99. The minimum atomic E-state index is -0.483. The number of nitrogens with zero attached hydrogens (tertiary/aromatic N) is 2. The van der Waals surface area contributed by atoms with Crippen LogP contribution in [0.5, 0.6) is 5.75 Å². The molecule has 1 aromatic heterocycles. The molecule has 1 N–H and O–H groups in total. The SMILES string of the molecule is Cc1n[nH]c(C)c1CCCOc1cc(C(=O)OC2CCN(C)C2)ccc1F. The number of ether oxygens (including phenoxy) is 2. The quantitative estimate of drug-likeness (QED) is 0.595. The van der Waals surface area contributed by atoms with Crippen molar-refractivity contribution in [3.63, 3.8) is 0 Å². The number of hydrogen-bond acceptors (Lipinski definition) is 5. The monoisotopic (exact) mass is 375 g/mol. The molecule has 1 aromatic carbocycles. The van der Waals surface area contributed by atoms with E-state index in [1.165, 1.54) is 18.2 Å². The molecule has 1 fully saturated rings. The summed E-state index contributed by atoms with van der Waals surface area (Å²) in [5.41, 5.74) is 3.49. The van der Waals surface area contributed by atoms with Crippen molar-refractivity contribution in [2.45, 2.75) is 39.2 Å². The van der Waals surface area contributed by atoms with Crippen LogP contribution in [0, 0.1) is 19.7 Å². The van der Waals surface area contributed by atoms with Crippen molar-refractivity contribution in [1.82, 2.24) is 15.1 Å². The first-order valence-corrected chi connectivity index (χ1v) is 9.26. The number of aromatic nitrogens is 2. The largest absolute Gasteiger partial charge is 0.490 e. The van der Waals surface area contributed by atoms with Gasteiger partial charge < -0.3 is 14.4 Å². The Labute approximate surface area is 158 Å². The Hall–Kier alpha value is -2.41. The predicted octanol–water partition coefficient (Wildman–Crippen LogP) is 3.04. The maximum absolute atomic E-state index is 14.0. The van der Waals surface area contributed by atoms with Gasteiger partial charge in [0.25, 0.3) is 0 Å². The summed E-state index contributed by atoms with van der Waals surface area (Å²) in [5, 5.41) is 7.12. The third kappa shape index (κ3) is 4.86. The van der Waals surface area contributed by atoms with E-state index in [0.717, 1.165) is 49.3 Å². The molecule has 1 atom stereocenters. The molecule has 1 unspecified atom stereocenters. The summed E-state index contributed by atoms with van der Waals surface area (Å²) in [6.45, 7) is 5.92. The predicted molar refractivity (Wildman–Crippen MR) is 99.6 cm³/mol. The molecule has 2 heterocycles. The number of nitrogens with one attached hydrogen (secondary N) is 1. The molecule has 27 heavy (non-hydrogen) atoms. The van der Waals surface area contributed by atoms with Gasteiger partial charge >= 0.3 is 5.97 Å². The Morgan fingerprint density at radius 1 is 1.41 bits per heavy atom. The zero-order valence-corrected chi connectivity index (χ0v) is 16.0. The zero-order valence-electron chi connectivity index (χ0n) is 16.0. The fraction of sp³-hybridized carbons (Fsp3) is 0.500. The molecule has 3 rings (SSSR count). The number of H-pyrrole nitrogens is 1. The summed E-state index contributed by atoms with van der Waals surface area (Å²) in [6.07, 6.45) is 2.23. The molecule has 0 aliphatic carbocycles. The second-order valence-electron chi connectivity index (χ2n) is 7.09. The van der Waals surface area contributed by atoms with Crippen molar-refractivity contribution in [3.05, 3.63) is 46.5 Å². The average Bonchev–Trinajstić information content (AvgIpc) is 3.19. The van der Waals surface area contributed by atoms with Crippen LogP contribution in [0.2, 0.25) is 0 Å². The van der Waals surface area contributed by atoms with Gasteiger partial charge in [-0.05, 0) is 63.9 Å². The van der Waals surface area contributed by atoms with E-state index in [1.54, 1.807) is 0 Å². The first-order valence-electron chi connectivity index (χ1n) is 9.26. The van der Waals surface area contributed by atoms with Crippen LogP contribution in [0.25, 0.3) is 0 Å². The second kappa shape index (κ2) is 8.52. The number of likely N-dealkylation sites (tertiary alicyclic amines) is 1. The number of benzene rings is 1. The zero-order chi connectivity index (χ0) is 19.4. The Bertz CT molecular complexity index is 786. The highest BCUT2D eigenvalue weighted by Crippen LogP contribution is 2.21. The van der Waals surface area contributed by atoms with Gasteiger partial charge in [-0.3, -0.25) is 5.10 Å². The van der Waals surface area contributed by atoms with Crippen molar-refractivity contribution in [3.8, 4) is 5.75 Å². The molecule has 7 heteroatoms. The van der Waals surface area contributed by atoms with Crippen LogP contribution in [0.3, 0.4) is 0 Å². The third-order valence-corrected chi connectivity index (χ3v) is 4.90. The van der Waals surface area contributed by atoms with Gasteiger partial charge in [0, 0.05) is 18.8 Å². The van der Waals surface area contributed by atoms with Crippen LogP contribution < -0.4 is 4.74 Å². The number of likely N-dealkylation sites (N-methyl/N-ethyl adjacent to an activating group) is 1. The Morgan fingerprint density at radius 2 is 2.22 bits per heavy atom. The molecular weight excluding hydrogens is 349 g/mol. The third-order valence-electron chi connectivity index (χ3n) is 4.90. The van der Waals surface area contributed by atoms with E-state index < -0.39 is 11.8 Å². The van der Waals surface area contributed by atoms with Crippen molar-refractivity contribution >= 4 is 5.97 Å². The van der Waals surface area contributed by atoms with E-state index in [4.69, 9.17) is 9.47 Å². The number of halogens is 1. The number of aryl methyl sites for hydroxylation is 2. The van der Waals surface area contributed by atoms with Crippen molar-refractivity contribution in [2.75, 3.05) is 26.7 Å². The van der Waals surface area contributed by atoms with Gasteiger partial charge in [0.1, 0.15) is 6.10 Å². The maximum Gasteiger partial charge on any atom is 0.338 e. The molecule has 2 aromatic rings. The molecule has 1 saturated heterocycles. The standard InChI is InChI=1S/C20H26FN3O3/c1-13-17(14(2)23-22-13)5-4-10-26-19-11-15(6-7-18(19)21)20(25)27-16-8-9-24(3)12-16/h6-7,11,16H,4-5,8-10,12H2,1-3H3,(H,22,23). The van der Waals surface area contributed by atoms with Gasteiger partial charge in [0.2, 0.25) is 0 Å². The van der Waals surface area contributed by atoms with E-state index >= 15 is 0 Å². The van der Waals surface area contributed by atoms with Crippen molar-refractivity contribution < 1.29 is 18.7 Å². The van der Waals surface area contributed by atoms with Gasteiger partial charge in [0.15, 0.2) is 11.6 Å². The Balaban J connectivity index is 1.54. The molecule has 1 aliphatic heterocycles. The Kier molecular flexibility index (Phi) is 6.11. The Morgan fingerprint density at radius 3 is 2.89 bits per heavy atom. The average molecular weight is 375 g/mol. The molecule has 1 aliphatic rings. The highest BCUT2D eigenvalue weighted by Gasteiger charge is 2.24. The number of carbonyl (C=O) groups excluding carboxylic acids is 1. The molecule has 0 radical (unpaired) electrons. The lowest BCUT2D eigenvalue weighted by molar-refractivity contribution is 0.0326. The minimum Gasteiger partial charge on any atom is -0.490 e. The minimum absolute atomic E-state index is 0.0774. The normalized spacial score (nSPS) is 17.3. The fourth-order valence-corrected chi connectivity index (χ4v) is 3.32. The molecule has 0 amide bonds. The molecule has 0 bridgehead atoms. The summed E-state index contributed by atoms with van der Waals surface area (Å²) in [6, 6.07) is 4.10. The van der Waals surface area contributed by atoms with E-state index in [9.17, 15) is 9.18 Å². The summed E-state index contributed by atoms with van der Waals surface area (Å²) in [5.74, 6) is -0.846. The topological polar surface area (TPSA) is 67.4 Å². The van der Waals surface area contributed by atoms with E-state index in [2.05, 4.69) is 15.1 Å². The van der Waals surface area contributed by atoms with Crippen LogP contribution in [-0.4, -0.2) is 53.9 Å². The van der Waals surface area contributed by atoms with Gasteiger partial charge in [-0.25, -0.2) is 9.18 Å². The first kappa shape index (κ1) is 19.4. The number of aromatic amines is 1. The van der Waals surface area contributed by atoms with Gasteiger partial charge in [-0.15, -0.1) is 0 Å². The summed E-state index contributed by atoms with van der Waals surface area (Å²) >= 11 is 0. The summed E-state index contributed by atoms with van der Waals surface area (Å²) < 4.78 is 25.1. The number of hydrogen-bond donors (Lipinski definition) is 1. The van der Waals surface area contributed by atoms with Gasteiger partial charge in [-0.1, -0.05) is 0 Å². The molecule has 146 valence electrons. The van der Waals surface area contributed by atoms with Crippen molar-refractivity contribution in [1.29, 1.82) is 0 Å². The molecule has 0 saturated carbocycles. The first-order chi connectivity index (χ1) is 12.9. The fourth-order valence-electron chi connectivity index (χ4n) is 3.32. The van der Waals surface area contributed by atoms with E-state index in [1.807, 2.05) is 20.9 Å². The summed E-state index contributed by atoms with van der Waals surface area (Å²) in [4.78, 5) is 14.4. The molecule has 0 spiro atoms. The van der Waals surface area contributed by atoms with Gasteiger partial charge in [0.05, 0.1) is 17.9 Å². The second-order valence-corrected chi connectivity index (χ2v) is 7.09. The number of carbonyl (C=O) groups is 1. The number of rotatable bonds is 7. The molecular formula is C20H26FN3O3. The smallest absolute Gasteiger partial charge is 0.338 e. The van der Waals surface area contributed by atoms with Crippen LogP contribution in [0.1, 0.15) is 40.2 Å². The van der Waals surface area contributed by atoms with Crippen LogP contribution in [-0.2, 0) is 11.2 Å². The van der Waals surface area contributed by atoms with Crippen LogP contribution in [0.15, 0.2) is 18.2 Å². The highest BCUT2D eigenvalue weighted by atomic mass is 19.1. The lowest BCUT2D eigenvalue weighted by Gasteiger charge is -2.13. The van der Waals surface area contributed by atoms with Crippen LogP contribution in [0.4, 0.5) is 4.39 Å². The highest BCUT2D eigenvalue weighted by molar-refractivity contribution is 5.90. The lowest BCUT2D eigenvalue weighted by atomic mass is 10.1. The maximum atomic E-state index is 14.0. The van der Waals surface area contributed by atoms with E-state index in [-0.39, 0.29) is 11.9 Å². The van der Waals surface area contributed by atoms with E-state index in [0.29, 0.717) is 12.2 Å². The molecule has 6 nitrogen and oxygen atoms in total. The van der Waals surface area contributed by atoms with Crippen molar-refractivity contribution in [2.24, 2.45) is 0 Å².